The van der Waals surface area contributed by atoms with Crippen molar-refractivity contribution in [2.45, 2.75) is 19.9 Å². The number of carbonyl (C=O) groups excluding carboxylic acids is 1. The molecule has 0 aromatic carbocycles. The highest BCUT2D eigenvalue weighted by molar-refractivity contribution is 5.94. The van der Waals surface area contributed by atoms with E-state index in [1.807, 2.05) is 18.9 Å². The molecule has 1 heterocycles. The Hall–Kier alpha value is -1.69. The predicted octanol–water partition coefficient (Wildman–Crippen LogP) is 1.04. The van der Waals surface area contributed by atoms with Gasteiger partial charge in [-0.15, -0.1) is 0 Å². The van der Waals surface area contributed by atoms with Gasteiger partial charge in [0.15, 0.2) is 0 Å². The van der Waals surface area contributed by atoms with Gasteiger partial charge in [0, 0.05) is 20.4 Å². The van der Waals surface area contributed by atoms with Crippen LogP contribution in [0.25, 0.3) is 0 Å². The molecule has 0 aliphatic rings. The smallest absolute Gasteiger partial charge is 0.343 e. The second-order valence-electron chi connectivity index (χ2n) is 4.06. The number of rotatable bonds is 5. The molecular weight excluding hydrogens is 234 g/mol. The Balaban J connectivity index is 3.12. The largest absolute Gasteiger partial charge is 0.465 e. The number of aryl methyl sites for hydroxylation is 1. The summed E-state index contributed by atoms with van der Waals surface area (Å²) < 4.78 is 9.83. The SMILES string of the molecule is COCC(C)N(C)c1nc(C)ncc1C(=O)OC. The molecule has 0 amide bonds. The molecule has 0 aliphatic carbocycles. The summed E-state index contributed by atoms with van der Waals surface area (Å²) in [6, 6.07) is 0.0905. The molecule has 6 nitrogen and oxygen atoms in total. The molecule has 0 saturated carbocycles. The number of hydrogen-bond acceptors (Lipinski definition) is 6. The lowest BCUT2D eigenvalue weighted by molar-refractivity contribution is 0.0600. The average Bonchev–Trinajstić information content (AvgIpc) is 2.37. The van der Waals surface area contributed by atoms with E-state index < -0.39 is 5.97 Å². The van der Waals surface area contributed by atoms with Gasteiger partial charge in [0.2, 0.25) is 0 Å². The molecule has 1 atom stereocenters. The van der Waals surface area contributed by atoms with Gasteiger partial charge in [-0.2, -0.15) is 0 Å². The lowest BCUT2D eigenvalue weighted by atomic mass is 10.2. The summed E-state index contributed by atoms with van der Waals surface area (Å²) in [7, 11) is 4.83. The monoisotopic (exact) mass is 253 g/mol. The molecule has 18 heavy (non-hydrogen) atoms. The van der Waals surface area contributed by atoms with Gasteiger partial charge in [0.05, 0.1) is 19.8 Å². The zero-order chi connectivity index (χ0) is 13.7. The fourth-order valence-electron chi connectivity index (χ4n) is 1.54. The summed E-state index contributed by atoms with van der Waals surface area (Å²) in [4.78, 5) is 21.9. The third-order valence-corrected chi connectivity index (χ3v) is 2.70. The first kappa shape index (κ1) is 14.4. The number of likely N-dealkylation sites (N-methyl/N-ethyl adjacent to an activating group) is 1. The van der Waals surface area contributed by atoms with Gasteiger partial charge < -0.3 is 14.4 Å². The molecule has 100 valence electrons. The van der Waals surface area contributed by atoms with Crippen LogP contribution >= 0.6 is 0 Å². The quantitative estimate of drug-likeness (QED) is 0.731. The Morgan fingerprint density at radius 3 is 2.72 bits per heavy atom. The van der Waals surface area contributed by atoms with E-state index in [-0.39, 0.29) is 6.04 Å². The number of carbonyl (C=O) groups is 1. The highest BCUT2D eigenvalue weighted by Crippen LogP contribution is 2.19. The molecule has 0 radical (unpaired) electrons. The van der Waals surface area contributed by atoms with Crippen molar-refractivity contribution >= 4 is 11.8 Å². The van der Waals surface area contributed by atoms with Crippen molar-refractivity contribution < 1.29 is 14.3 Å². The number of aromatic nitrogens is 2. The predicted molar refractivity (Wildman–Crippen MR) is 67.8 cm³/mol. The van der Waals surface area contributed by atoms with Gasteiger partial charge in [-0.05, 0) is 13.8 Å². The Morgan fingerprint density at radius 2 is 2.17 bits per heavy atom. The first-order valence-electron chi connectivity index (χ1n) is 5.65. The van der Waals surface area contributed by atoms with E-state index in [0.717, 1.165) is 0 Å². The maximum absolute atomic E-state index is 11.7. The zero-order valence-electron chi connectivity index (χ0n) is 11.4. The van der Waals surface area contributed by atoms with Crippen LogP contribution in [0, 0.1) is 6.92 Å². The number of nitrogens with zero attached hydrogens (tertiary/aromatic N) is 3. The van der Waals surface area contributed by atoms with Gasteiger partial charge in [-0.25, -0.2) is 14.8 Å². The molecule has 6 heteroatoms. The van der Waals surface area contributed by atoms with Crippen LogP contribution in [0.5, 0.6) is 0 Å². The summed E-state index contributed by atoms with van der Waals surface area (Å²) in [5, 5.41) is 0. The first-order valence-corrected chi connectivity index (χ1v) is 5.65. The minimum Gasteiger partial charge on any atom is -0.465 e. The van der Waals surface area contributed by atoms with Crippen molar-refractivity contribution in [3.63, 3.8) is 0 Å². The fraction of sp³-hybridized carbons (Fsp3) is 0.583. The molecule has 0 bridgehead atoms. The van der Waals surface area contributed by atoms with Crippen molar-refractivity contribution in [3.8, 4) is 0 Å². The number of methoxy groups -OCH3 is 2. The minimum atomic E-state index is -0.443. The topological polar surface area (TPSA) is 64.5 Å². The maximum atomic E-state index is 11.7. The molecule has 1 aromatic rings. The molecule has 0 aliphatic heterocycles. The third-order valence-electron chi connectivity index (χ3n) is 2.70. The van der Waals surface area contributed by atoms with Crippen molar-refractivity contribution in [1.82, 2.24) is 9.97 Å². The van der Waals surface area contributed by atoms with Gasteiger partial charge in [0.25, 0.3) is 0 Å². The van der Waals surface area contributed by atoms with Crippen molar-refractivity contribution in [1.29, 1.82) is 0 Å². The molecular formula is C12H19N3O3. The van der Waals surface area contributed by atoms with Gasteiger partial charge in [-0.3, -0.25) is 0 Å². The van der Waals surface area contributed by atoms with E-state index in [2.05, 4.69) is 9.97 Å². The van der Waals surface area contributed by atoms with E-state index in [0.29, 0.717) is 23.8 Å². The number of ether oxygens (including phenoxy) is 2. The second-order valence-corrected chi connectivity index (χ2v) is 4.06. The van der Waals surface area contributed by atoms with Crippen LogP contribution in [0.2, 0.25) is 0 Å². The summed E-state index contributed by atoms with van der Waals surface area (Å²) in [6.45, 7) is 4.31. The van der Waals surface area contributed by atoms with Crippen molar-refractivity contribution in [2.75, 3.05) is 32.8 Å². The van der Waals surface area contributed by atoms with Crippen LogP contribution in [0.3, 0.4) is 0 Å². The lowest BCUT2D eigenvalue weighted by Gasteiger charge is -2.26. The first-order chi connectivity index (χ1) is 8.51. The normalized spacial score (nSPS) is 12.1. The summed E-state index contributed by atoms with van der Waals surface area (Å²) in [5.74, 6) is 0.717. The third kappa shape index (κ3) is 3.16. The van der Waals surface area contributed by atoms with Crippen molar-refractivity contribution in [3.05, 3.63) is 17.6 Å². The van der Waals surface area contributed by atoms with Gasteiger partial charge in [0.1, 0.15) is 17.2 Å². The van der Waals surface area contributed by atoms with E-state index in [4.69, 9.17) is 9.47 Å². The van der Waals surface area contributed by atoms with Crippen LogP contribution in [0.1, 0.15) is 23.1 Å². The summed E-state index contributed by atoms with van der Waals surface area (Å²) >= 11 is 0. The van der Waals surface area contributed by atoms with E-state index in [9.17, 15) is 4.79 Å². The molecule has 0 spiro atoms. The van der Waals surface area contributed by atoms with Crippen LogP contribution in [0.4, 0.5) is 5.82 Å². The van der Waals surface area contributed by atoms with Gasteiger partial charge in [-0.1, -0.05) is 0 Å². The molecule has 0 N–H and O–H groups in total. The number of hydrogen-bond donors (Lipinski definition) is 0. The Labute approximate surface area is 107 Å². The fourth-order valence-corrected chi connectivity index (χ4v) is 1.54. The summed E-state index contributed by atoms with van der Waals surface area (Å²) in [5.41, 5.74) is 0.355. The molecule has 1 unspecified atom stereocenters. The highest BCUT2D eigenvalue weighted by Gasteiger charge is 2.20. The Morgan fingerprint density at radius 1 is 1.50 bits per heavy atom. The van der Waals surface area contributed by atoms with E-state index in [1.165, 1.54) is 13.3 Å². The van der Waals surface area contributed by atoms with E-state index >= 15 is 0 Å². The van der Waals surface area contributed by atoms with Crippen LogP contribution in [0.15, 0.2) is 6.20 Å². The maximum Gasteiger partial charge on any atom is 0.343 e. The van der Waals surface area contributed by atoms with Gasteiger partial charge >= 0.3 is 5.97 Å². The summed E-state index contributed by atoms with van der Waals surface area (Å²) in [6.07, 6.45) is 1.49. The Kier molecular flexibility index (Phi) is 5.03. The van der Waals surface area contributed by atoms with Crippen LogP contribution in [-0.4, -0.2) is 49.9 Å². The van der Waals surface area contributed by atoms with Crippen LogP contribution < -0.4 is 4.90 Å². The standard InChI is InChI=1S/C12H19N3O3/c1-8(7-17-4)15(3)11-10(12(16)18-5)6-13-9(2)14-11/h6,8H,7H2,1-5H3. The molecule has 0 saturated heterocycles. The number of esters is 1. The average molecular weight is 253 g/mol. The molecule has 1 aromatic heterocycles. The Bertz CT molecular complexity index is 423. The minimum absolute atomic E-state index is 0.0905. The molecule has 1 rings (SSSR count). The van der Waals surface area contributed by atoms with Crippen LogP contribution in [-0.2, 0) is 9.47 Å². The lowest BCUT2D eigenvalue weighted by Crippen LogP contribution is -2.34. The van der Waals surface area contributed by atoms with E-state index in [1.54, 1.807) is 14.0 Å². The zero-order valence-corrected chi connectivity index (χ0v) is 11.4. The number of anilines is 1. The van der Waals surface area contributed by atoms with Crippen molar-refractivity contribution in [2.24, 2.45) is 0 Å². The highest BCUT2D eigenvalue weighted by atomic mass is 16.5. The second kappa shape index (κ2) is 6.30. The molecule has 0 fully saturated rings.